The molecule has 0 bridgehead atoms. The number of hydrogen-bond donors (Lipinski definition) is 2. The van der Waals surface area contributed by atoms with Crippen molar-refractivity contribution in [2.45, 2.75) is 76.0 Å². The van der Waals surface area contributed by atoms with E-state index in [9.17, 15) is 0 Å². The molecule has 3 heterocycles. The van der Waals surface area contributed by atoms with Crippen molar-refractivity contribution in [2.75, 3.05) is 32.8 Å². The van der Waals surface area contributed by atoms with E-state index in [0.29, 0.717) is 18.1 Å². The van der Waals surface area contributed by atoms with Crippen molar-refractivity contribution in [1.29, 1.82) is 0 Å². The minimum absolute atomic E-state index is 0.456. The Kier molecular flexibility index (Phi) is 8.05. The Labute approximate surface area is 199 Å². The first-order valence-electron chi connectivity index (χ1n) is 13.2. The van der Waals surface area contributed by atoms with E-state index in [1.165, 1.54) is 54.5 Å². The Balaban J connectivity index is 1.21. The van der Waals surface area contributed by atoms with Gasteiger partial charge in [-0.3, -0.25) is 9.88 Å². The number of aryl methyl sites for hydroxylation is 1. The predicted molar refractivity (Wildman–Crippen MR) is 133 cm³/mol. The number of rotatable bonds is 9. The first kappa shape index (κ1) is 23.0. The predicted octanol–water partition coefficient (Wildman–Crippen LogP) is 4.02. The van der Waals surface area contributed by atoms with Gasteiger partial charge in [0.2, 0.25) is 0 Å². The lowest BCUT2D eigenvalue weighted by Gasteiger charge is -2.38. The van der Waals surface area contributed by atoms with E-state index < -0.39 is 0 Å². The summed E-state index contributed by atoms with van der Waals surface area (Å²) >= 11 is 0. The zero-order valence-electron chi connectivity index (χ0n) is 20.0. The Morgan fingerprint density at radius 3 is 2.76 bits per heavy atom. The lowest BCUT2D eigenvalue weighted by molar-refractivity contribution is 0.0778. The highest BCUT2D eigenvalue weighted by Crippen LogP contribution is 2.33. The Bertz CT molecular complexity index is 882. The van der Waals surface area contributed by atoms with Crippen LogP contribution in [0.1, 0.15) is 67.0 Å². The third-order valence-electron chi connectivity index (χ3n) is 7.75. The average Bonchev–Trinajstić information content (AvgIpc) is 2.88. The maximum absolute atomic E-state index is 5.49. The summed E-state index contributed by atoms with van der Waals surface area (Å²) in [4.78, 5) is 7.62. The van der Waals surface area contributed by atoms with E-state index in [1.54, 1.807) is 0 Å². The summed E-state index contributed by atoms with van der Waals surface area (Å²) in [5.41, 5.74) is 5.77. The van der Waals surface area contributed by atoms with Crippen molar-refractivity contribution < 1.29 is 4.74 Å². The van der Waals surface area contributed by atoms with Gasteiger partial charge in [0.15, 0.2) is 0 Å². The molecule has 0 radical (unpaired) electrons. The molecule has 2 aliphatic heterocycles. The highest BCUT2D eigenvalue weighted by molar-refractivity contribution is 5.30. The summed E-state index contributed by atoms with van der Waals surface area (Å²) in [7, 11) is 0. The van der Waals surface area contributed by atoms with Gasteiger partial charge in [-0.2, -0.15) is 0 Å². The molecule has 1 saturated heterocycles. The molecule has 3 aliphatic rings. The van der Waals surface area contributed by atoms with Gasteiger partial charge >= 0.3 is 0 Å². The summed E-state index contributed by atoms with van der Waals surface area (Å²) in [6.45, 7) is 6.18. The summed E-state index contributed by atoms with van der Waals surface area (Å²) < 4.78 is 5.49. The number of hydrogen-bond acceptors (Lipinski definition) is 5. The first-order chi connectivity index (χ1) is 16.4. The fourth-order valence-electron chi connectivity index (χ4n) is 5.90. The van der Waals surface area contributed by atoms with Crippen LogP contribution in [0.25, 0.3) is 0 Å². The molecule has 5 rings (SSSR count). The molecule has 5 nitrogen and oxygen atoms in total. The van der Waals surface area contributed by atoms with Crippen molar-refractivity contribution in [1.82, 2.24) is 20.5 Å². The Hall–Kier alpha value is -1.79. The van der Waals surface area contributed by atoms with Gasteiger partial charge in [0.25, 0.3) is 0 Å². The summed E-state index contributed by atoms with van der Waals surface area (Å²) in [6.07, 6.45) is 11.6. The van der Waals surface area contributed by atoms with Gasteiger partial charge in [-0.15, -0.1) is 0 Å². The number of benzene rings is 1. The monoisotopic (exact) mass is 448 g/mol. The van der Waals surface area contributed by atoms with Gasteiger partial charge in [-0.1, -0.05) is 30.3 Å². The van der Waals surface area contributed by atoms with Gasteiger partial charge < -0.3 is 15.4 Å². The topological polar surface area (TPSA) is 49.4 Å². The van der Waals surface area contributed by atoms with Crippen LogP contribution >= 0.6 is 0 Å². The van der Waals surface area contributed by atoms with E-state index in [0.717, 1.165) is 58.7 Å². The van der Waals surface area contributed by atoms with E-state index in [-0.39, 0.29) is 0 Å². The molecule has 1 aromatic carbocycles. The molecule has 0 amide bonds. The molecule has 0 spiro atoms. The van der Waals surface area contributed by atoms with Gasteiger partial charge in [-0.05, 0) is 87.2 Å². The molecule has 2 N–H and O–H groups in total. The van der Waals surface area contributed by atoms with Gasteiger partial charge in [-0.25, -0.2) is 0 Å². The second kappa shape index (κ2) is 11.6. The van der Waals surface area contributed by atoms with Crippen LogP contribution in [0.4, 0.5) is 0 Å². The molecule has 0 unspecified atom stereocenters. The molecule has 1 aromatic heterocycles. The quantitative estimate of drug-likeness (QED) is 0.568. The number of nitrogens with zero attached hydrogens (tertiary/aromatic N) is 2. The number of ether oxygens (including phenoxy) is 1. The molecule has 0 saturated carbocycles. The molecule has 1 aliphatic carbocycles. The largest absolute Gasteiger partial charge is 0.381 e. The van der Waals surface area contributed by atoms with Gasteiger partial charge in [0.1, 0.15) is 0 Å². The fourth-order valence-corrected chi connectivity index (χ4v) is 5.90. The minimum atomic E-state index is 0.456. The SMILES string of the molecule is c1ccc2c(c1)CN[C@@H](CN(CCCCNC1CCOCC1)[C@H]1CCCc3cccnc31)C2. The minimum Gasteiger partial charge on any atom is -0.381 e. The average molecular weight is 449 g/mol. The molecule has 1 fully saturated rings. The molecule has 2 aromatic rings. The highest BCUT2D eigenvalue weighted by Gasteiger charge is 2.29. The summed E-state index contributed by atoms with van der Waals surface area (Å²) in [5.74, 6) is 0. The van der Waals surface area contributed by atoms with Crippen LogP contribution in [0.3, 0.4) is 0 Å². The summed E-state index contributed by atoms with van der Waals surface area (Å²) in [5, 5.41) is 7.59. The van der Waals surface area contributed by atoms with Crippen LogP contribution in [0.15, 0.2) is 42.6 Å². The normalized spacial score (nSPS) is 23.3. The molecule has 5 heteroatoms. The lowest BCUT2D eigenvalue weighted by atomic mass is 9.89. The molecule has 2 atom stereocenters. The third kappa shape index (κ3) is 6.02. The first-order valence-corrected chi connectivity index (χ1v) is 13.2. The van der Waals surface area contributed by atoms with Crippen LogP contribution in [-0.2, 0) is 24.1 Å². The van der Waals surface area contributed by atoms with Gasteiger partial charge in [0.05, 0.1) is 11.7 Å². The van der Waals surface area contributed by atoms with Crippen molar-refractivity contribution in [3.63, 3.8) is 0 Å². The number of fused-ring (bicyclic) bond motifs is 2. The summed E-state index contributed by atoms with van der Waals surface area (Å²) in [6, 6.07) is 14.9. The van der Waals surface area contributed by atoms with E-state index >= 15 is 0 Å². The Morgan fingerprint density at radius 2 is 1.85 bits per heavy atom. The van der Waals surface area contributed by atoms with Crippen LogP contribution in [0.2, 0.25) is 0 Å². The smallest absolute Gasteiger partial charge is 0.0607 e. The Morgan fingerprint density at radius 1 is 1.00 bits per heavy atom. The van der Waals surface area contributed by atoms with Crippen LogP contribution in [0, 0.1) is 0 Å². The standard InChI is InChI=1S/C28H40N4O/c1-2-8-24-20-31-26(19-23(24)7-1)21-32(16-4-3-14-29-25-12-17-33-18-13-25)27-11-5-9-22-10-6-15-30-28(22)27/h1-2,6-8,10,15,25-27,29,31H,3-5,9,11-14,16-21H2/t26-,27+/m1/s1. The number of nitrogens with one attached hydrogen (secondary N) is 2. The maximum atomic E-state index is 5.49. The molecular weight excluding hydrogens is 408 g/mol. The second-order valence-corrected chi connectivity index (χ2v) is 10.0. The zero-order chi connectivity index (χ0) is 22.3. The third-order valence-corrected chi connectivity index (χ3v) is 7.75. The van der Waals surface area contributed by atoms with E-state index in [4.69, 9.17) is 9.72 Å². The number of unbranched alkanes of at least 4 members (excludes halogenated alkanes) is 1. The van der Waals surface area contributed by atoms with Crippen LogP contribution in [0.5, 0.6) is 0 Å². The zero-order valence-corrected chi connectivity index (χ0v) is 20.0. The fraction of sp³-hybridized carbons (Fsp3) is 0.607. The lowest BCUT2D eigenvalue weighted by Crippen LogP contribution is -2.46. The number of pyridine rings is 1. The van der Waals surface area contributed by atoms with E-state index in [2.05, 4.69) is 51.9 Å². The highest BCUT2D eigenvalue weighted by atomic mass is 16.5. The maximum Gasteiger partial charge on any atom is 0.0607 e. The van der Waals surface area contributed by atoms with Crippen molar-refractivity contribution in [3.05, 3.63) is 65.0 Å². The van der Waals surface area contributed by atoms with Crippen molar-refractivity contribution in [3.8, 4) is 0 Å². The molecule has 178 valence electrons. The molecular formula is C28H40N4O. The van der Waals surface area contributed by atoms with Crippen molar-refractivity contribution >= 4 is 0 Å². The van der Waals surface area contributed by atoms with Crippen LogP contribution < -0.4 is 10.6 Å². The second-order valence-electron chi connectivity index (χ2n) is 10.0. The molecule has 33 heavy (non-hydrogen) atoms. The van der Waals surface area contributed by atoms with Crippen molar-refractivity contribution in [2.24, 2.45) is 0 Å². The number of aromatic nitrogens is 1. The van der Waals surface area contributed by atoms with E-state index in [1.807, 2.05) is 6.20 Å². The van der Waals surface area contributed by atoms with Gasteiger partial charge in [0, 0.05) is 44.6 Å². The van der Waals surface area contributed by atoms with Crippen LogP contribution in [-0.4, -0.2) is 54.8 Å².